The SMILES string of the molecule is C=CS(=O)(=O)CCC[N]N1CCOCC1. The van der Waals surface area contributed by atoms with Gasteiger partial charge in [0.05, 0.1) is 19.0 Å². The van der Waals surface area contributed by atoms with Gasteiger partial charge in [0.1, 0.15) is 0 Å². The first-order chi connectivity index (χ1) is 7.14. The summed E-state index contributed by atoms with van der Waals surface area (Å²) in [7, 11) is -3.06. The lowest BCUT2D eigenvalue weighted by Gasteiger charge is -2.25. The molecule has 0 N–H and O–H groups in total. The Morgan fingerprint density at radius 3 is 2.67 bits per heavy atom. The smallest absolute Gasteiger partial charge is 0.171 e. The lowest BCUT2D eigenvalue weighted by molar-refractivity contribution is 0.00946. The van der Waals surface area contributed by atoms with Crippen LogP contribution in [0.3, 0.4) is 0 Å². The second kappa shape index (κ2) is 6.22. The second-order valence-electron chi connectivity index (χ2n) is 3.32. The average molecular weight is 233 g/mol. The Bertz CT molecular complexity index is 284. The Kier molecular flexibility index (Phi) is 5.24. The highest BCUT2D eigenvalue weighted by Gasteiger charge is 2.11. The summed E-state index contributed by atoms with van der Waals surface area (Å²) in [5, 5.41) is 2.94. The van der Waals surface area contributed by atoms with Crippen LogP contribution in [0.4, 0.5) is 0 Å². The molecule has 0 bridgehead atoms. The first-order valence-electron chi connectivity index (χ1n) is 4.99. The lowest BCUT2D eigenvalue weighted by atomic mass is 10.5. The maximum atomic E-state index is 11.1. The zero-order chi connectivity index (χ0) is 11.1. The van der Waals surface area contributed by atoms with E-state index in [0.717, 1.165) is 18.5 Å². The van der Waals surface area contributed by atoms with Gasteiger partial charge >= 0.3 is 0 Å². The monoisotopic (exact) mass is 233 g/mol. The summed E-state index contributed by atoms with van der Waals surface area (Å²) < 4.78 is 27.3. The molecule has 87 valence electrons. The van der Waals surface area contributed by atoms with E-state index in [9.17, 15) is 8.42 Å². The number of rotatable bonds is 6. The summed E-state index contributed by atoms with van der Waals surface area (Å²) in [6.07, 6.45) is 0.547. The van der Waals surface area contributed by atoms with Crippen molar-refractivity contribution in [3.05, 3.63) is 12.0 Å². The van der Waals surface area contributed by atoms with Crippen molar-refractivity contribution in [1.82, 2.24) is 10.4 Å². The van der Waals surface area contributed by atoms with Crippen LogP contribution in [0.2, 0.25) is 0 Å². The number of nitrogens with zero attached hydrogens (tertiary/aromatic N) is 2. The van der Waals surface area contributed by atoms with Crippen molar-refractivity contribution in [3.8, 4) is 0 Å². The van der Waals surface area contributed by atoms with E-state index in [4.69, 9.17) is 4.74 Å². The van der Waals surface area contributed by atoms with Gasteiger partial charge in [0.2, 0.25) is 0 Å². The van der Waals surface area contributed by atoms with Crippen LogP contribution in [0.15, 0.2) is 12.0 Å². The minimum absolute atomic E-state index is 0.129. The topological polar surface area (TPSA) is 60.7 Å². The number of morpholine rings is 1. The van der Waals surface area contributed by atoms with Gasteiger partial charge in [-0.25, -0.2) is 13.4 Å². The van der Waals surface area contributed by atoms with Crippen molar-refractivity contribution in [1.29, 1.82) is 0 Å². The van der Waals surface area contributed by atoms with E-state index in [1.807, 2.05) is 5.01 Å². The van der Waals surface area contributed by atoms with Gasteiger partial charge in [-0.1, -0.05) is 6.58 Å². The van der Waals surface area contributed by atoms with Crippen LogP contribution in [-0.2, 0) is 14.6 Å². The van der Waals surface area contributed by atoms with E-state index >= 15 is 0 Å². The summed E-state index contributed by atoms with van der Waals surface area (Å²) in [5.41, 5.74) is 4.28. The normalized spacial score (nSPS) is 18.9. The minimum atomic E-state index is -3.06. The van der Waals surface area contributed by atoms with Crippen LogP contribution in [-0.4, -0.2) is 52.0 Å². The van der Waals surface area contributed by atoms with Gasteiger partial charge in [-0.15, -0.1) is 0 Å². The van der Waals surface area contributed by atoms with E-state index in [-0.39, 0.29) is 5.75 Å². The van der Waals surface area contributed by atoms with Crippen molar-refractivity contribution >= 4 is 9.84 Å². The molecule has 15 heavy (non-hydrogen) atoms. The van der Waals surface area contributed by atoms with E-state index < -0.39 is 9.84 Å². The van der Waals surface area contributed by atoms with Crippen molar-refractivity contribution < 1.29 is 13.2 Å². The largest absolute Gasteiger partial charge is 0.379 e. The number of hydrogen-bond donors (Lipinski definition) is 0. The average Bonchev–Trinajstić information content (AvgIpc) is 2.26. The van der Waals surface area contributed by atoms with Gasteiger partial charge in [0, 0.05) is 25.0 Å². The fourth-order valence-electron chi connectivity index (χ4n) is 1.26. The zero-order valence-corrected chi connectivity index (χ0v) is 9.58. The standard InChI is InChI=1S/C9H17N2O3S/c1-2-15(12,13)9-3-4-10-11-5-7-14-8-6-11/h2H,1,3-9H2. The highest BCUT2D eigenvalue weighted by molar-refractivity contribution is 7.94. The molecule has 0 atom stereocenters. The van der Waals surface area contributed by atoms with E-state index in [1.165, 1.54) is 0 Å². The van der Waals surface area contributed by atoms with E-state index in [1.54, 1.807) is 0 Å². The molecule has 0 aromatic rings. The Labute approximate surface area is 91.0 Å². The van der Waals surface area contributed by atoms with Gasteiger partial charge in [-0.05, 0) is 6.42 Å². The molecule has 0 aromatic heterocycles. The Hall–Kier alpha value is -0.430. The molecule has 1 aliphatic heterocycles. The second-order valence-corrected chi connectivity index (χ2v) is 5.39. The van der Waals surface area contributed by atoms with Gasteiger partial charge in [-0.2, -0.15) is 5.43 Å². The molecule has 0 aromatic carbocycles. The van der Waals surface area contributed by atoms with Crippen molar-refractivity contribution in [2.24, 2.45) is 0 Å². The highest BCUT2D eigenvalue weighted by atomic mass is 32.2. The summed E-state index contributed by atoms with van der Waals surface area (Å²) >= 11 is 0. The van der Waals surface area contributed by atoms with Gasteiger partial charge in [0.25, 0.3) is 0 Å². The molecule has 0 amide bonds. The van der Waals surface area contributed by atoms with Gasteiger partial charge in [0.15, 0.2) is 9.84 Å². The highest BCUT2D eigenvalue weighted by Crippen LogP contribution is 1.97. The molecule has 1 heterocycles. The van der Waals surface area contributed by atoms with Crippen molar-refractivity contribution in [2.75, 3.05) is 38.6 Å². The number of sulfone groups is 1. The number of ether oxygens (including phenoxy) is 1. The van der Waals surface area contributed by atoms with Crippen LogP contribution >= 0.6 is 0 Å². The summed E-state index contributed by atoms with van der Waals surface area (Å²) in [5.74, 6) is 0.129. The third-order valence-corrected chi connectivity index (χ3v) is 3.49. The zero-order valence-electron chi connectivity index (χ0n) is 8.76. The molecule has 0 aliphatic carbocycles. The van der Waals surface area contributed by atoms with Crippen LogP contribution in [0.1, 0.15) is 6.42 Å². The fourth-order valence-corrected chi connectivity index (χ4v) is 1.95. The molecular formula is C9H17N2O3S. The molecule has 0 saturated carbocycles. The number of hydrogen-bond acceptors (Lipinski definition) is 4. The molecule has 0 unspecified atom stereocenters. The summed E-state index contributed by atoms with van der Waals surface area (Å²) in [6.45, 7) is 6.81. The molecule has 1 fully saturated rings. The maximum absolute atomic E-state index is 11.1. The predicted octanol–water partition coefficient (Wildman–Crippen LogP) is -0.214. The molecule has 1 aliphatic rings. The Balaban J connectivity index is 2.08. The Morgan fingerprint density at radius 2 is 2.07 bits per heavy atom. The molecule has 1 saturated heterocycles. The Morgan fingerprint density at radius 1 is 1.40 bits per heavy atom. The van der Waals surface area contributed by atoms with Crippen LogP contribution < -0.4 is 5.43 Å². The molecule has 1 rings (SSSR count). The third-order valence-electron chi connectivity index (χ3n) is 2.13. The van der Waals surface area contributed by atoms with Crippen molar-refractivity contribution in [2.45, 2.75) is 6.42 Å². The molecular weight excluding hydrogens is 216 g/mol. The summed E-state index contributed by atoms with van der Waals surface area (Å²) in [4.78, 5) is 0. The fraction of sp³-hybridized carbons (Fsp3) is 0.778. The molecule has 5 nitrogen and oxygen atoms in total. The predicted molar refractivity (Wildman–Crippen MR) is 58.0 cm³/mol. The minimum Gasteiger partial charge on any atom is -0.379 e. The molecule has 1 radical (unpaired) electrons. The first kappa shape index (κ1) is 12.6. The first-order valence-corrected chi connectivity index (χ1v) is 6.71. The maximum Gasteiger partial charge on any atom is 0.171 e. The molecule has 0 spiro atoms. The molecule has 6 heteroatoms. The third kappa shape index (κ3) is 5.27. The van der Waals surface area contributed by atoms with Crippen LogP contribution in [0, 0.1) is 0 Å². The lowest BCUT2D eigenvalue weighted by Crippen LogP contribution is -2.41. The van der Waals surface area contributed by atoms with E-state index in [2.05, 4.69) is 12.0 Å². The van der Waals surface area contributed by atoms with Gasteiger partial charge in [-0.3, -0.25) is 0 Å². The summed E-state index contributed by atoms with van der Waals surface area (Å²) in [6, 6.07) is 0. The van der Waals surface area contributed by atoms with E-state index in [0.29, 0.717) is 26.2 Å². The van der Waals surface area contributed by atoms with Crippen LogP contribution in [0.5, 0.6) is 0 Å². The quantitative estimate of drug-likeness (QED) is 0.595. The van der Waals surface area contributed by atoms with Crippen molar-refractivity contribution in [3.63, 3.8) is 0 Å². The van der Waals surface area contributed by atoms with Crippen LogP contribution in [0.25, 0.3) is 0 Å². The van der Waals surface area contributed by atoms with Gasteiger partial charge < -0.3 is 4.74 Å².